The van der Waals surface area contributed by atoms with Gasteiger partial charge in [0.25, 0.3) is 0 Å². The molecule has 1 aromatic carbocycles. The second-order valence-electron chi connectivity index (χ2n) is 4.04. The van der Waals surface area contributed by atoms with Crippen molar-refractivity contribution >= 4 is 42.8 Å². The largest absolute Gasteiger partial charge is 0.465 e. The van der Waals surface area contributed by atoms with Gasteiger partial charge >= 0.3 is 13.6 Å². The van der Waals surface area contributed by atoms with E-state index in [1.807, 2.05) is 0 Å². The van der Waals surface area contributed by atoms with Crippen molar-refractivity contribution in [1.29, 1.82) is 0 Å². The lowest BCUT2D eigenvalue weighted by atomic mass is 10.1. The van der Waals surface area contributed by atoms with Gasteiger partial charge in [0.2, 0.25) is 0 Å². The molecule has 0 aliphatic rings. The third-order valence-corrected chi connectivity index (χ3v) is 4.87. The molecule has 122 valence electrons. The lowest BCUT2D eigenvalue weighted by Crippen LogP contribution is -2.03. The Labute approximate surface area is 139 Å². The standard InChI is InChI=1S/C14H17Cl2O5P/c1-4-20-22(18,21-5-2)7-6-10-8-11(15)13(12(16)9-10)14(17)19-3/h6-9H,4-5H2,1-3H3/b7-6+. The number of benzene rings is 1. The first-order chi connectivity index (χ1) is 10.4. The molecular formula is C14H17Cl2O5P. The van der Waals surface area contributed by atoms with Crippen LogP contribution in [0.5, 0.6) is 0 Å². The Morgan fingerprint density at radius 2 is 1.68 bits per heavy atom. The molecule has 0 spiro atoms. The summed E-state index contributed by atoms with van der Waals surface area (Å²) in [5.74, 6) is 0.708. The minimum atomic E-state index is -3.31. The fourth-order valence-electron chi connectivity index (χ4n) is 1.65. The highest BCUT2D eigenvalue weighted by Crippen LogP contribution is 2.50. The van der Waals surface area contributed by atoms with Crippen molar-refractivity contribution < 1.29 is 23.1 Å². The van der Waals surface area contributed by atoms with E-state index in [4.69, 9.17) is 32.2 Å². The maximum absolute atomic E-state index is 12.3. The fourth-order valence-corrected chi connectivity index (χ4v) is 3.63. The van der Waals surface area contributed by atoms with E-state index in [-0.39, 0.29) is 28.8 Å². The van der Waals surface area contributed by atoms with Crippen LogP contribution in [0.1, 0.15) is 29.8 Å². The van der Waals surface area contributed by atoms with E-state index < -0.39 is 13.6 Å². The molecule has 0 amide bonds. The van der Waals surface area contributed by atoms with Crippen LogP contribution in [-0.4, -0.2) is 26.3 Å². The van der Waals surface area contributed by atoms with Crippen molar-refractivity contribution in [2.75, 3.05) is 20.3 Å². The maximum atomic E-state index is 12.3. The van der Waals surface area contributed by atoms with Crippen molar-refractivity contribution in [3.05, 3.63) is 39.1 Å². The summed E-state index contributed by atoms with van der Waals surface area (Å²) in [6, 6.07) is 3.02. The zero-order chi connectivity index (χ0) is 16.8. The van der Waals surface area contributed by atoms with Gasteiger partial charge in [0.05, 0.1) is 35.9 Å². The number of halogens is 2. The third-order valence-electron chi connectivity index (χ3n) is 2.52. The van der Waals surface area contributed by atoms with Crippen molar-refractivity contribution in [2.45, 2.75) is 13.8 Å². The summed E-state index contributed by atoms with van der Waals surface area (Å²) < 4.78 is 27.2. The Balaban J connectivity index is 3.11. The van der Waals surface area contributed by atoms with E-state index in [2.05, 4.69) is 4.74 Å². The molecule has 22 heavy (non-hydrogen) atoms. The summed E-state index contributed by atoms with van der Waals surface area (Å²) in [6.07, 6.45) is 1.52. The van der Waals surface area contributed by atoms with E-state index in [9.17, 15) is 9.36 Å². The minimum absolute atomic E-state index is 0.0841. The predicted octanol–water partition coefficient (Wildman–Crippen LogP) is 5.02. The molecule has 0 radical (unpaired) electrons. The van der Waals surface area contributed by atoms with Crippen LogP contribution in [-0.2, 0) is 18.3 Å². The smallest absolute Gasteiger partial charge is 0.354 e. The molecular weight excluding hydrogens is 350 g/mol. The lowest BCUT2D eigenvalue weighted by molar-refractivity contribution is 0.0601. The van der Waals surface area contributed by atoms with Crippen molar-refractivity contribution in [1.82, 2.24) is 0 Å². The molecule has 0 saturated heterocycles. The summed E-state index contributed by atoms with van der Waals surface area (Å²) in [6.45, 7) is 3.95. The molecule has 1 rings (SSSR count). The van der Waals surface area contributed by atoms with Gasteiger partial charge in [-0.05, 0) is 37.6 Å². The summed E-state index contributed by atoms with van der Waals surface area (Å²) in [7, 11) is -2.07. The van der Waals surface area contributed by atoms with Gasteiger partial charge in [-0.3, -0.25) is 4.57 Å². The monoisotopic (exact) mass is 366 g/mol. The zero-order valence-electron chi connectivity index (χ0n) is 12.5. The molecule has 0 heterocycles. The normalized spacial score (nSPS) is 11.9. The Morgan fingerprint density at radius 3 is 2.09 bits per heavy atom. The second kappa shape index (κ2) is 8.70. The predicted molar refractivity (Wildman–Crippen MR) is 87.7 cm³/mol. The van der Waals surface area contributed by atoms with Crippen LogP contribution in [0.15, 0.2) is 17.9 Å². The number of esters is 1. The number of methoxy groups -OCH3 is 1. The molecule has 0 saturated carbocycles. The molecule has 0 aliphatic heterocycles. The highest BCUT2D eigenvalue weighted by atomic mass is 35.5. The summed E-state index contributed by atoms with van der Waals surface area (Å²) >= 11 is 12.1. The highest BCUT2D eigenvalue weighted by Gasteiger charge is 2.20. The van der Waals surface area contributed by atoms with Crippen LogP contribution in [0.4, 0.5) is 0 Å². The van der Waals surface area contributed by atoms with E-state index in [1.165, 1.54) is 31.1 Å². The van der Waals surface area contributed by atoms with Crippen LogP contribution in [0.25, 0.3) is 6.08 Å². The molecule has 0 N–H and O–H groups in total. The summed E-state index contributed by atoms with van der Waals surface area (Å²) in [5, 5.41) is 0.281. The van der Waals surface area contributed by atoms with Gasteiger partial charge in [0.15, 0.2) is 0 Å². The first kappa shape index (κ1) is 19.2. The number of carbonyl (C=O) groups excluding carboxylic acids is 1. The molecule has 0 aromatic heterocycles. The second-order valence-corrected chi connectivity index (χ2v) is 6.75. The average molecular weight is 367 g/mol. The Bertz CT molecular complexity index is 582. The maximum Gasteiger partial charge on any atom is 0.354 e. The summed E-state index contributed by atoms with van der Waals surface area (Å²) in [4.78, 5) is 11.6. The molecule has 0 atom stereocenters. The van der Waals surface area contributed by atoms with Crippen LogP contribution in [0.2, 0.25) is 10.0 Å². The van der Waals surface area contributed by atoms with Gasteiger partial charge in [-0.2, -0.15) is 0 Å². The van der Waals surface area contributed by atoms with Crippen molar-refractivity contribution in [2.24, 2.45) is 0 Å². The minimum Gasteiger partial charge on any atom is -0.465 e. The first-order valence-corrected chi connectivity index (χ1v) is 8.89. The van der Waals surface area contributed by atoms with Crippen molar-refractivity contribution in [3.8, 4) is 0 Å². The van der Waals surface area contributed by atoms with Crippen molar-refractivity contribution in [3.63, 3.8) is 0 Å². The first-order valence-electron chi connectivity index (χ1n) is 6.52. The van der Waals surface area contributed by atoms with Gasteiger partial charge in [0.1, 0.15) is 0 Å². The number of hydrogen-bond donors (Lipinski definition) is 0. The Kier molecular flexibility index (Phi) is 7.60. The quantitative estimate of drug-likeness (QED) is 0.500. The Hall–Kier alpha value is -0.840. The zero-order valence-corrected chi connectivity index (χ0v) is 14.9. The van der Waals surface area contributed by atoms with E-state index >= 15 is 0 Å². The molecule has 0 fully saturated rings. The van der Waals surface area contributed by atoms with Gasteiger partial charge in [0, 0.05) is 5.82 Å². The summed E-state index contributed by atoms with van der Waals surface area (Å²) in [5.41, 5.74) is 0.642. The van der Waals surface area contributed by atoms with Crippen LogP contribution in [0, 0.1) is 0 Å². The van der Waals surface area contributed by atoms with E-state index in [0.717, 1.165) is 0 Å². The number of carbonyl (C=O) groups is 1. The van der Waals surface area contributed by atoms with Gasteiger partial charge in [-0.25, -0.2) is 4.79 Å². The number of hydrogen-bond acceptors (Lipinski definition) is 5. The highest BCUT2D eigenvalue weighted by molar-refractivity contribution is 7.57. The van der Waals surface area contributed by atoms with Gasteiger partial charge < -0.3 is 13.8 Å². The lowest BCUT2D eigenvalue weighted by Gasteiger charge is -2.12. The van der Waals surface area contributed by atoms with Crippen LogP contribution < -0.4 is 0 Å². The topological polar surface area (TPSA) is 61.8 Å². The molecule has 0 aliphatic carbocycles. The fraction of sp³-hybridized carbons (Fsp3) is 0.357. The van der Waals surface area contributed by atoms with E-state index in [1.54, 1.807) is 13.8 Å². The van der Waals surface area contributed by atoms with E-state index in [0.29, 0.717) is 5.56 Å². The van der Waals surface area contributed by atoms with Crippen LogP contribution >= 0.6 is 30.8 Å². The molecule has 0 bridgehead atoms. The molecule has 5 nitrogen and oxygen atoms in total. The molecule has 8 heteroatoms. The van der Waals surface area contributed by atoms with Gasteiger partial charge in [-0.15, -0.1) is 0 Å². The Morgan fingerprint density at radius 1 is 1.18 bits per heavy atom. The number of rotatable bonds is 7. The van der Waals surface area contributed by atoms with Crippen LogP contribution in [0.3, 0.4) is 0 Å². The average Bonchev–Trinajstić information content (AvgIpc) is 2.45. The number of ether oxygens (including phenoxy) is 1. The van der Waals surface area contributed by atoms with Gasteiger partial charge in [-0.1, -0.05) is 23.2 Å². The molecule has 1 aromatic rings. The SMILES string of the molecule is CCOP(=O)(/C=C/c1cc(Cl)c(C(=O)OC)c(Cl)c1)OCC. The third kappa shape index (κ3) is 5.11. The molecule has 0 unspecified atom stereocenters.